The maximum atomic E-state index is 4.87. The van der Waals surface area contributed by atoms with Crippen LogP contribution in [0.15, 0.2) is 85.2 Å². The lowest BCUT2D eigenvalue weighted by molar-refractivity contribution is 1.02. The third kappa shape index (κ3) is 2.97. The molecule has 0 saturated carbocycles. The Labute approximate surface area is 141 Å². The van der Waals surface area contributed by atoms with E-state index in [1.165, 1.54) is 0 Å². The molecular formula is C21H17N3. The van der Waals surface area contributed by atoms with Gasteiger partial charge in [-0.25, -0.2) is 4.98 Å². The van der Waals surface area contributed by atoms with Crippen LogP contribution >= 0.6 is 0 Å². The molecule has 1 N–H and O–H groups in total. The fraction of sp³-hybridized carbons (Fsp3) is 0.0476. The Morgan fingerprint density at radius 3 is 2.12 bits per heavy atom. The molecule has 0 spiro atoms. The Morgan fingerprint density at radius 2 is 1.46 bits per heavy atom. The minimum absolute atomic E-state index is 0.737. The summed E-state index contributed by atoms with van der Waals surface area (Å²) in [4.78, 5) is 12.6. The van der Waals surface area contributed by atoms with Gasteiger partial charge in [0.25, 0.3) is 0 Å². The Morgan fingerprint density at radius 1 is 0.750 bits per heavy atom. The second-order valence-electron chi connectivity index (χ2n) is 5.68. The number of nitrogens with zero attached hydrogens (tertiary/aromatic N) is 2. The summed E-state index contributed by atoms with van der Waals surface area (Å²) in [5.74, 6) is 0.945. The summed E-state index contributed by atoms with van der Waals surface area (Å²) in [6.45, 7) is 0. The molecule has 0 aliphatic carbocycles. The molecule has 0 unspecified atom stereocenters. The van der Waals surface area contributed by atoms with E-state index in [1.54, 1.807) is 6.20 Å². The van der Waals surface area contributed by atoms with Crippen molar-refractivity contribution in [3.63, 3.8) is 0 Å². The molecule has 2 heterocycles. The highest BCUT2D eigenvalue weighted by atomic mass is 14.9. The third-order valence-electron chi connectivity index (χ3n) is 3.96. The normalized spacial score (nSPS) is 10.7. The molecule has 116 valence electrons. The number of imidazole rings is 1. The highest BCUT2D eigenvalue weighted by Crippen LogP contribution is 2.30. The van der Waals surface area contributed by atoms with Crippen LogP contribution in [0.5, 0.6) is 0 Å². The van der Waals surface area contributed by atoms with Crippen LogP contribution in [-0.2, 0) is 6.42 Å². The molecule has 0 aliphatic rings. The van der Waals surface area contributed by atoms with Crippen molar-refractivity contribution >= 4 is 0 Å². The first-order valence-electron chi connectivity index (χ1n) is 7.99. The van der Waals surface area contributed by atoms with Crippen molar-refractivity contribution in [3.8, 4) is 22.5 Å². The molecule has 24 heavy (non-hydrogen) atoms. The maximum Gasteiger partial charge on any atom is 0.111 e. The molecule has 4 rings (SSSR count). The van der Waals surface area contributed by atoms with Gasteiger partial charge in [0.1, 0.15) is 5.82 Å². The lowest BCUT2D eigenvalue weighted by atomic mass is 10.1. The maximum absolute atomic E-state index is 4.87. The number of benzene rings is 2. The summed E-state index contributed by atoms with van der Waals surface area (Å²) in [7, 11) is 0. The fourth-order valence-corrected chi connectivity index (χ4v) is 2.82. The summed E-state index contributed by atoms with van der Waals surface area (Å²) in [5, 5.41) is 0. The lowest BCUT2D eigenvalue weighted by Gasteiger charge is -2.02. The Bertz CT molecular complexity index is 856. The van der Waals surface area contributed by atoms with E-state index < -0.39 is 0 Å². The first-order valence-corrected chi connectivity index (χ1v) is 7.99. The number of hydrogen-bond donors (Lipinski definition) is 1. The lowest BCUT2D eigenvalue weighted by Crippen LogP contribution is -1.91. The van der Waals surface area contributed by atoms with Gasteiger partial charge in [-0.1, -0.05) is 66.7 Å². The number of nitrogens with one attached hydrogen (secondary N) is 1. The molecule has 3 nitrogen and oxygen atoms in total. The average Bonchev–Trinajstić information content (AvgIpc) is 3.08. The van der Waals surface area contributed by atoms with Crippen LogP contribution in [0.4, 0.5) is 0 Å². The van der Waals surface area contributed by atoms with Crippen LogP contribution in [-0.4, -0.2) is 15.0 Å². The minimum Gasteiger partial charge on any atom is -0.341 e. The van der Waals surface area contributed by atoms with Gasteiger partial charge in [-0.15, -0.1) is 0 Å². The van der Waals surface area contributed by atoms with Gasteiger partial charge in [0.2, 0.25) is 0 Å². The molecular weight excluding hydrogens is 294 g/mol. The van der Waals surface area contributed by atoms with E-state index >= 15 is 0 Å². The molecule has 2 aromatic heterocycles. The van der Waals surface area contributed by atoms with Crippen LogP contribution in [0.25, 0.3) is 22.5 Å². The van der Waals surface area contributed by atoms with Crippen LogP contribution in [0, 0.1) is 0 Å². The zero-order chi connectivity index (χ0) is 16.2. The second-order valence-corrected chi connectivity index (χ2v) is 5.68. The van der Waals surface area contributed by atoms with E-state index in [2.05, 4.69) is 40.3 Å². The third-order valence-corrected chi connectivity index (χ3v) is 3.96. The highest BCUT2D eigenvalue weighted by Gasteiger charge is 2.14. The Balaban J connectivity index is 1.79. The first kappa shape index (κ1) is 14.4. The smallest absolute Gasteiger partial charge is 0.111 e. The molecule has 0 fully saturated rings. The van der Waals surface area contributed by atoms with Crippen molar-refractivity contribution in [1.29, 1.82) is 0 Å². The topological polar surface area (TPSA) is 41.6 Å². The van der Waals surface area contributed by atoms with Gasteiger partial charge in [0.15, 0.2) is 0 Å². The van der Waals surface area contributed by atoms with E-state index in [0.717, 1.165) is 40.3 Å². The average molecular weight is 311 g/mol. The number of H-pyrrole nitrogens is 1. The number of aromatic amines is 1. The van der Waals surface area contributed by atoms with Gasteiger partial charge >= 0.3 is 0 Å². The van der Waals surface area contributed by atoms with E-state index in [-0.39, 0.29) is 0 Å². The van der Waals surface area contributed by atoms with Crippen molar-refractivity contribution in [2.45, 2.75) is 6.42 Å². The van der Waals surface area contributed by atoms with E-state index in [0.29, 0.717) is 0 Å². The van der Waals surface area contributed by atoms with E-state index in [9.17, 15) is 0 Å². The fourth-order valence-electron chi connectivity index (χ4n) is 2.82. The summed E-state index contributed by atoms with van der Waals surface area (Å²) < 4.78 is 0. The van der Waals surface area contributed by atoms with Gasteiger partial charge < -0.3 is 4.98 Å². The summed E-state index contributed by atoms with van der Waals surface area (Å²) in [6.07, 6.45) is 4.41. The van der Waals surface area contributed by atoms with Crippen molar-refractivity contribution in [1.82, 2.24) is 15.0 Å². The van der Waals surface area contributed by atoms with Crippen LogP contribution in [0.1, 0.15) is 11.4 Å². The molecule has 4 aromatic rings. The predicted molar refractivity (Wildman–Crippen MR) is 96.5 cm³/mol. The predicted octanol–water partition coefficient (Wildman–Crippen LogP) is 4.73. The monoisotopic (exact) mass is 311 g/mol. The molecule has 0 amide bonds. The van der Waals surface area contributed by atoms with Crippen LogP contribution in [0.2, 0.25) is 0 Å². The molecule has 0 atom stereocenters. The van der Waals surface area contributed by atoms with Gasteiger partial charge in [0.05, 0.1) is 11.4 Å². The standard InChI is InChI=1S/C21H17N3/c1-3-9-17(10-4-1)20-21(18-11-5-2-6-12-18)24-19(23-20)14-16-8-7-13-22-15-16/h1-13,15H,14H2,(H,23,24). The van der Waals surface area contributed by atoms with Gasteiger partial charge in [-0.3, -0.25) is 4.98 Å². The quantitative estimate of drug-likeness (QED) is 0.592. The molecule has 0 bridgehead atoms. The largest absolute Gasteiger partial charge is 0.341 e. The summed E-state index contributed by atoms with van der Waals surface area (Å²) in [5.41, 5.74) is 5.44. The van der Waals surface area contributed by atoms with Crippen molar-refractivity contribution < 1.29 is 0 Å². The van der Waals surface area contributed by atoms with Crippen molar-refractivity contribution in [3.05, 3.63) is 96.6 Å². The summed E-state index contributed by atoms with van der Waals surface area (Å²) in [6, 6.07) is 24.6. The number of aromatic nitrogens is 3. The second kappa shape index (κ2) is 6.50. The molecule has 0 saturated heterocycles. The molecule has 2 aromatic carbocycles. The van der Waals surface area contributed by atoms with Crippen LogP contribution < -0.4 is 0 Å². The minimum atomic E-state index is 0.737. The molecule has 0 radical (unpaired) electrons. The van der Waals surface area contributed by atoms with Gasteiger partial charge in [-0.2, -0.15) is 0 Å². The van der Waals surface area contributed by atoms with E-state index in [1.807, 2.05) is 48.7 Å². The Kier molecular flexibility index (Phi) is 3.90. The molecule has 0 aliphatic heterocycles. The summed E-state index contributed by atoms with van der Waals surface area (Å²) >= 11 is 0. The first-order chi connectivity index (χ1) is 11.9. The number of pyridine rings is 1. The Hall–Kier alpha value is -3.20. The zero-order valence-electron chi connectivity index (χ0n) is 13.2. The molecule has 3 heteroatoms. The number of hydrogen-bond acceptors (Lipinski definition) is 2. The van der Waals surface area contributed by atoms with E-state index in [4.69, 9.17) is 4.98 Å². The SMILES string of the molecule is c1ccc(-c2nc(Cc3cccnc3)[nH]c2-c2ccccc2)cc1. The van der Waals surface area contributed by atoms with Crippen molar-refractivity contribution in [2.24, 2.45) is 0 Å². The van der Waals surface area contributed by atoms with Crippen LogP contribution in [0.3, 0.4) is 0 Å². The zero-order valence-corrected chi connectivity index (χ0v) is 13.2. The van der Waals surface area contributed by atoms with Crippen molar-refractivity contribution in [2.75, 3.05) is 0 Å². The van der Waals surface area contributed by atoms with Gasteiger partial charge in [0, 0.05) is 29.9 Å². The number of rotatable bonds is 4. The van der Waals surface area contributed by atoms with Gasteiger partial charge in [-0.05, 0) is 11.6 Å². The highest BCUT2D eigenvalue weighted by molar-refractivity contribution is 5.78.